The fraction of sp³-hybridized carbons (Fsp3) is 1.00. The molecule has 0 radical (unpaired) electrons. The van der Waals surface area contributed by atoms with Crippen LogP contribution in [0.2, 0.25) is 0 Å². The minimum absolute atomic E-state index is 0.0269. The summed E-state index contributed by atoms with van der Waals surface area (Å²) in [5, 5.41) is 0. The molecule has 0 heterocycles. The second kappa shape index (κ2) is 2.98. The highest BCUT2D eigenvalue weighted by molar-refractivity contribution is 5.15. The summed E-state index contributed by atoms with van der Waals surface area (Å²) < 4.78 is 0. The van der Waals surface area contributed by atoms with Gasteiger partial charge >= 0.3 is 0 Å². The molecule has 2 aliphatic rings. The van der Waals surface area contributed by atoms with Gasteiger partial charge in [0.05, 0.1) is 0 Å². The van der Waals surface area contributed by atoms with Gasteiger partial charge in [-0.25, -0.2) is 0 Å². The average Bonchev–Trinajstić information content (AvgIpc) is 2.83. The van der Waals surface area contributed by atoms with Crippen molar-refractivity contribution in [1.82, 2.24) is 0 Å². The second-order valence-electron chi connectivity index (χ2n) is 6.43. The average molecular weight is 195 g/mol. The lowest BCUT2D eigenvalue weighted by molar-refractivity contribution is 0.0454. The third-order valence-corrected chi connectivity index (χ3v) is 5.10. The number of nitrogens with two attached hydrogens (primary N) is 1. The fourth-order valence-electron chi connectivity index (χ4n) is 3.96. The lowest BCUT2D eigenvalue weighted by atomic mass is 9.59. The van der Waals surface area contributed by atoms with E-state index < -0.39 is 0 Å². The van der Waals surface area contributed by atoms with Crippen LogP contribution >= 0.6 is 0 Å². The van der Waals surface area contributed by atoms with Crippen molar-refractivity contribution in [3.8, 4) is 0 Å². The smallest absolute Gasteiger partial charge is 0.0159 e. The SMILES string of the molecule is CC(C)(N)C1(C2(C)CCCCC2)CC1. The van der Waals surface area contributed by atoms with Crippen LogP contribution in [0.3, 0.4) is 0 Å². The Balaban J connectivity index is 2.20. The van der Waals surface area contributed by atoms with Gasteiger partial charge in [-0.1, -0.05) is 26.2 Å². The van der Waals surface area contributed by atoms with Crippen LogP contribution in [0, 0.1) is 10.8 Å². The first-order valence-corrected chi connectivity index (χ1v) is 6.20. The van der Waals surface area contributed by atoms with Gasteiger partial charge in [0.1, 0.15) is 0 Å². The molecule has 82 valence electrons. The molecule has 0 spiro atoms. The molecule has 0 aromatic rings. The van der Waals surface area contributed by atoms with Crippen LogP contribution in [0.15, 0.2) is 0 Å². The van der Waals surface area contributed by atoms with Crippen LogP contribution in [-0.2, 0) is 0 Å². The number of hydrogen-bond acceptors (Lipinski definition) is 1. The standard InChI is InChI=1S/C13H25N/c1-11(2,14)13(9-10-13)12(3)7-5-4-6-8-12/h4-10,14H2,1-3H3. The first kappa shape index (κ1) is 10.5. The van der Waals surface area contributed by atoms with Gasteiger partial charge in [-0.3, -0.25) is 0 Å². The Morgan fingerprint density at radius 3 is 1.79 bits per heavy atom. The molecule has 2 saturated carbocycles. The predicted octanol–water partition coefficient (Wildman–Crippen LogP) is 3.47. The Morgan fingerprint density at radius 2 is 1.43 bits per heavy atom. The van der Waals surface area contributed by atoms with Crippen molar-refractivity contribution in [3.63, 3.8) is 0 Å². The van der Waals surface area contributed by atoms with E-state index in [9.17, 15) is 0 Å². The molecule has 0 aromatic heterocycles. The van der Waals surface area contributed by atoms with Crippen LogP contribution in [0.4, 0.5) is 0 Å². The van der Waals surface area contributed by atoms with Crippen LogP contribution in [0.5, 0.6) is 0 Å². The lowest BCUT2D eigenvalue weighted by Gasteiger charge is -2.48. The summed E-state index contributed by atoms with van der Waals surface area (Å²) in [6, 6.07) is 0. The topological polar surface area (TPSA) is 26.0 Å². The van der Waals surface area contributed by atoms with E-state index in [2.05, 4.69) is 20.8 Å². The molecule has 2 fully saturated rings. The molecule has 1 nitrogen and oxygen atoms in total. The van der Waals surface area contributed by atoms with Gasteiger partial charge < -0.3 is 5.73 Å². The molecule has 0 bridgehead atoms. The quantitative estimate of drug-likeness (QED) is 0.717. The molecule has 2 aliphatic carbocycles. The molecule has 0 aromatic carbocycles. The van der Waals surface area contributed by atoms with Gasteiger partial charge in [0, 0.05) is 5.54 Å². The summed E-state index contributed by atoms with van der Waals surface area (Å²) in [6.07, 6.45) is 9.85. The van der Waals surface area contributed by atoms with E-state index in [1.165, 1.54) is 44.9 Å². The van der Waals surface area contributed by atoms with Crippen LogP contribution in [0.25, 0.3) is 0 Å². The molecule has 0 amide bonds. The van der Waals surface area contributed by atoms with E-state index in [-0.39, 0.29) is 5.54 Å². The van der Waals surface area contributed by atoms with Crippen molar-refractivity contribution in [2.75, 3.05) is 0 Å². The minimum atomic E-state index is 0.0269. The van der Waals surface area contributed by atoms with Crippen LogP contribution in [-0.4, -0.2) is 5.54 Å². The van der Waals surface area contributed by atoms with E-state index in [4.69, 9.17) is 5.73 Å². The van der Waals surface area contributed by atoms with Gasteiger partial charge in [-0.2, -0.15) is 0 Å². The maximum absolute atomic E-state index is 6.39. The maximum Gasteiger partial charge on any atom is 0.0159 e. The van der Waals surface area contributed by atoms with Gasteiger partial charge in [-0.15, -0.1) is 0 Å². The highest BCUT2D eigenvalue weighted by Crippen LogP contribution is 2.68. The van der Waals surface area contributed by atoms with E-state index in [0.29, 0.717) is 10.8 Å². The van der Waals surface area contributed by atoms with Crippen LogP contribution in [0.1, 0.15) is 65.7 Å². The third-order valence-electron chi connectivity index (χ3n) is 5.10. The first-order chi connectivity index (χ1) is 6.41. The summed E-state index contributed by atoms with van der Waals surface area (Å²) in [6.45, 7) is 6.97. The summed E-state index contributed by atoms with van der Waals surface area (Å²) >= 11 is 0. The number of rotatable bonds is 2. The van der Waals surface area contributed by atoms with Crippen molar-refractivity contribution in [1.29, 1.82) is 0 Å². The Kier molecular flexibility index (Phi) is 2.23. The van der Waals surface area contributed by atoms with Crippen molar-refractivity contribution >= 4 is 0 Å². The van der Waals surface area contributed by atoms with E-state index in [1.54, 1.807) is 0 Å². The second-order valence-corrected chi connectivity index (χ2v) is 6.43. The fourth-order valence-corrected chi connectivity index (χ4v) is 3.96. The zero-order chi connectivity index (χ0) is 10.4. The monoisotopic (exact) mass is 195 g/mol. The molecule has 2 N–H and O–H groups in total. The van der Waals surface area contributed by atoms with E-state index >= 15 is 0 Å². The molecule has 14 heavy (non-hydrogen) atoms. The van der Waals surface area contributed by atoms with E-state index in [0.717, 1.165) is 0 Å². The third kappa shape index (κ3) is 1.32. The maximum atomic E-state index is 6.39. The molecule has 0 saturated heterocycles. The zero-order valence-corrected chi connectivity index (χ0v) is 10.0. The van der Waals surface area contributed by atoms with E-state index in [1.807, 2.05) is 0 Å². The van der Waals surface area contributed by atoms with Gasteiger partial charge in [0.2, 0.25) is 0 Å². The van der Waals surface area contributed by atoms with Crippen molar-refractivity contribution in [2.45, 2.75) is 71.3 Å². The Morgan fingerprint density at radius 1 is 0.929 bits per heavy atom. The first-order valence-electron chi connectivity index (χ1n) is 6.20. The minimum Gasteiger partial charge on any atom is -0.325 e. The molecular formula is C13H25N. The lowest BCUT2D eigenvalue weighted by Crippen LogP contribution is -2.51. The molecule has 1 heteroatoms. The summed E-state index contributed by atoms with van der Waals surface area (Å²) in [4.78, 5) is 0. The largest absolute Gasteiger partial charge is 0.325 e. The molecule has 2 rings (SSSR count). The van der Waals surface area contributed by atoms with Crippen LogP contribution < -0.4 is 5.73 Å². The zero-order valence-electron chi connectivity index (χ0n) is 10.0. The Hall–Kier alpha value is -0.0400. The summed E-state index contributed by atoms with van der Waals surface area (Å²) in [5.41, 5.74) is 7.44. The van der Waals surface area contributed by atoms with Crippen molar-refractivity contribution in [2.24, 2.45) is 16.6 Å². The predicted molar refractivity (Wildman–Crippen MR) is 61.1 cm³/mol. The molecular weight excluding hydrogens is 170 g/mol. The van der Waals surface area contributed by atoms with Gasteiger partial charge in [-0.05, 0) is 50.4 Å². The summed E-state index contributed by atoms with van der Waals surface area (Å²) in [5.74, 6) is 0. The molecule has 0 unspecified atom stereocenters. The normalized spacial score (nSPS) is 30.0. The highest BCUT2D eigenvalue weighted by Gasteiger charge is 2.62. The number of hydrogen-bond donors (Lipinski definition) is 1. The Labute approximate surface area is 88.4 Å². The molecule has 0 atom stereocenters. The van der Waals surface area contributed by atoms with Crippen molar-refractivity contribution < 1.29 is 0 Å². The summed E-state index contributed by atoms with van der Waals surface area (Å²) in [7, 11) is 0. The van der Waals surface area contributed by atoms with Gasteiger partial charge in [0.25, 0.3) is 0 Å². The van der Waals surface area contributed by atoms with Gasteiger partial charge in [0.15, 0.2) is 0 Å². The van der Waals surface area contributed by atoms with Crippen molar-refractivity contribution in [3.05, 3.63) is 0 Å². The Bertz CT molecular complexity index is 214. The highest BCUT2D eigenvalue weighted by atomic mass is 14.8. The molecule has 0 aliphatic heterocycles.